The lowest BCUT2D eigenvalue weighted by atomic mass is 10.2. The Morgan fingerprint density at radius 2 is 2.07 bits per heavy atom. The van der Waals surface area contributed by atoms with E-state index in [1.165, 1.54) is 25.7 Å². The summed E-state index contributed by atoms with van der Waals surface area (Å²) in [6.07, 6.45) is 5.06. The molecule has 0 spiro atoms. The monoisotopic (exact) mass is 196 g/mol. The topological polar surface area (TPSA) is 32.3 Å². The molecule has 14 heavy (non-hydrogen) atoms. The smallest absolute Gasteiger partial charge is 0.236 e. The number of rotatable bonds is 5. The summed E-state index contributed by atoms with van der Waals surface area (Å²) in [6, 6.07) is 1.06. The Kier molecular flexibility index (Phi) is 2.77. The van der Waals surface area contributed by atoms with Gasteiger partial charge in [-0.1, -0.05) is 0 Å². The molecule has 2 rings (SSSR count). The summed E-state index contributed by atoms with van der Waals surface area (Å²) in [5.41, 5.74) is 0. The van der Waals surface area contributed by atoms with Crippen molar-refractivity contribution < 1.29 is 4.79 Å². The number of carbonyl (C=O) groups is 1. The molecule has 1 atom stereocenters. The van der Waals surface area contributed by atoms with Gasteiger partial charge in [-0.25, -0.2) is 0 Å². The second-order valence-corrected chi connectivity index (χ2v) is 4.74. The van der Waals surface area contributed by atoms with Gasteiger partial charge in [-0.2, -0.15) is 0 Å². The minimum absolute atomic E-state index is 0.250. The van der Waals surface area contributed by atoms with E-state index in [1.54, 1.807) is 0 Å². The Hall–Kier alpha value is -0.570. The number of hydrogen-bond acceptors (Lipinski definition) is 2. The van der Waals surface area contributed by atoms with Gasteiger partial charge in [0, 0.05) is 19.1 Å². The van der Waals surface area contributed by atoms with Crippen molar-refractivity contribution >= 4 is 5.91 Å². The molecule has 0 aromatic carbocycles. The zero-order valence-electron chi connectivity index (χ0n) is 9.12. The summed E-state index contributed by atoms with van der Waals surface area (Å²) in [6.45, 7) is 2.70. The molecule has 1 unspecified atom stereocenters. The molecular formula is C11H20N2O. The molecule has 0 saturated heterocycles. The second kappa shape index (κ2) is 3.89. The van der Waals surface area contributed by atoms with Gasteiger partial charge in [0.15, 0.2) is 0 Å². The summed E-state index contributed by atoms with van der Waals surface area (Å²) in [7, 11) is 1.92. The lowest BCUT2D eigenvalue weighted by Gasteiger charge is -2.18. The summed E-state index contributed by atoms with van der Waals surface area (Å²) >= 11 is 0. The zero-order valence-corrected chi connectivity index (χ0v) is 9.12. The first-order valence-electron chi connectivity index (χ1n) is 5.67. The van der Waals surface area contributed by atoms with Crippen molar-refractivity contribution in [1.82, 2.24) is 10.2 Å². The van der Waals surface area contributed by atoms with E-state index in [0.717, 1.165) is 5.92 Å². The van der Waals surface area contributed by atoms with Crippen molar-refractivity contribution in [1.29, 1.82) is 0 Å². The molecule has 3 nitrogen and oxygen atoms in total. The highest BCUT2D eigenvalue weighted by Crippen LogP contribution is 2.32. The van der Waals surface area contributed by atoms with Crippen LogP contribution in [0.2, 0.25) is 0 Å². The molecule has 0 aliphatic heterocycles. The van der Waals surface area contributed by atoms with Crippen molar-refractivity contribution in [3.05, 3.63) is 0 Å². The van der Waals surface area contributed by atoms with Gasteiger partial charge in [-0.05, 0) is 38.5 Å². The van der Waals surface area contributed by atoms with Crippen molar-refractivity contribution in [2.24, 2.45) is 5.92 Å². The average Bonchev–Trinajstić information content (AvgIpc) is 3.05. The largest absolute Gasteiger partial charge is 0.342 e. The zero-order chi connectivity index (χ0) is 10.1. The van der Waals surface area contributed by atoms with Crippen LogP contribution in [0.1, 0.15) is 32.6 Å². The average molecular weight is 196 g/mol. The Balaban J connectivity index is 1.65. The van der Waals surface area contributed by atoms with E-state index in [9.17, 15) is 4.79 Å². The van der Waals surface area contributed by atoms with Crippen molar-refractivity contribution in [2.45, 2.75) is 44.7 Å². The highest BCUT2D eigenvalue weighted by atomic mass is 16.2. The SMILES string of the molecule is CC(NCC(=O)N(C)C1CC1)C1CC1. The summed E-state index contributed by atoms with van der Waals surface area (Å²) in [4.78, 5) is 13.5. The van der Waals surface area contributed by atoms with Gasteiger partial charge < -0.3 is 10.2 Å². The van der Waals surface area contributed by atoms with E-state index in [-0.39, 0.29) is 5.91 Å². The lowest BCUT2D eigenvalue weighted by molar-refractivity contribution is -0.129. The fourth-order valence-electron chi connectivity index (χ4n) is 1.80. The van der Waals surface area contributed by atoms with Gasteiger partial charge in [0.1, 0.15) is 0 Å². The molecule has 0 radical (unpaired) electrons. The Labute approximate surface area is 85.8 Å². The molecule has 1 N–H and O–H groups in total. The van der Waals surface area contributed by atoms with Gasteiger partial charge in [0.05, 0.1) is 6.54 Å². The summed E-state index contributed by atoms with van der Waals surface area (Å²) in [5.74, 6) is 1.08. The molecule has 0 heterocycles. The third kappa shape index (κ3) is 2.47. The lowest BCUT2D eigenvalue weighted by Crippen LogP contribution is -2.40. The van der Waals surface area contributed by atoms with Gasteiger partial charge in [0.2, 0.25) is 5.91 Å². The first-order chi connectivity index (χ1) is 6.68. The molecule has 2 aliphatic rings. The predicted molar refractivity (Wildman–Crippen MR) is 56.0 cm³/mol. The number of hydrogen-bond donors (Lipinski definition) is 1. The molecule has 2 aliphatic carbocycles. The van der Waals surface area contributed by atoms with Crippen LogP contribution in [0.25, 0.3) is 0 Å². The van der Waals surface area contributed by atoms with Crippen LogP contribution in [0.15, 0.2) is 0 Å². The molecule has 0 aromatic heterocycles. The summed E-state index contributed by atoms with van der Waals surface area (Å²) < 4.78 is 0. The van der Waals surface area contributed by atoms with Crippen LogP contribution < -0.4 is 5.32 Å². The maximum absolute atomic E-state index is 11.6. The normalized spacial score (nSPS) is 23.3. The van der Waals surface area contributed by atoms with Crippen LogP contribution in [0.4, 0.5) is 0 Å². The fraction of sp³-hybridized carbons (Fsp3) is 0.909. The molecule has 3 heteroatoms. The first-order valence-corrected chi connectivity index (χ1v) is 5.67. The van der Waals surface area contributed by atoms with E-state index in [4.69, 9.17) is 0 Å². The molecule has 2 fully saturated rings. The Morgan fingerprint density at radius 3 is 2.57 bits per heavy atom. The molecule has 80 valence electrons. The van der Waals surface area contributed by atoms with E-state index >= 15 is 0 Å². The fourth-order valence-corrected chi connectivity index (χ4v) is 1.80. The number of amides is 1. The quantitative estimate of drug-likeness (QED) is 0.711. The van der Waals surface area contributed by atoms with Crippen LogP contribution >= 0.6 is 0 Å². The van der Waals surface area contributed by atoms with Gasteiger partial charge in [-0.15, -0.1) is 0 Å². The second-order valence-electron chi connectivity index (χ2n) is 4.74. The highest BCUT2D eigenvalue weighted by Gasteiger charge is 2.31. The van der Waals surface area contributed by atoms with Crippen LogP contribution in [0, 0.1) is 5.92 Å². The van der Waals surface area contributed by atoms with Crippen LogP contribution in [-0.2, 0) is 4.79 Å². The van der Waals surface area contributed by atoms with Gasteiger partial charge in [0.25, 0.3) is 0 Å². The minimum Gasteiger partial charge on any atom is -0.342 e. The van der Waals surface area contributed by atoms with Crippen LogP contribution in [-0.4, -0.2) is 36.5 Å². The minimum atomic E-state index is 0.250. The summed E-state index contributed by atoms with van der Waals surface area (Å²) in [5, 5.41) is 3.32. The predicted octanol–water partition coefficient (Wildman–Crippen LogP) is 0.995. The van der Waals surface area contributed by atoms with Crippen molar-refractivity contribution in [2.75, 3.05) is 13.6 Å². The van der Waals surface area contributed by atoms with Crippen LogP contribution in [0.3, 0.4) is 0 Å². The Morgan fingerprint density at radius 1 is 1.43 bits per heavy atom. The van der Waals surface area contributed by atoms with Crippen LogP contribution in [0.5, 0.6) is 0 Å². The highest BCUT2D eigenvalue weighted by molar-refractivity contribution is 5.78. The molecular weight excluding hydrogens is 176 g/mol. The number of likely N-dealkylation sites (N-methyl/N-ethyl adjacent to an activating group) is 1. The van der Waals surface area contributed by atoms with E-state index < -0.39 is 0 Å². The standard InChI is InChI=1S/C11H20N2O/c1-8(9-3-4-9)12-7-11(14)13(2)10-5-6-10/h8-10,12H,3-7H2,1-2H3. The number of nitrogens with one attached hydrogen (secondary N) is 1. The van der Waals surface area contributed by atoms with Crippen molar-refractivity contribution in [3.8, 4) is 0 Å². The molecule has 0 bridgehead atoms. The van der Waals surface area contributed by atoms with E-state index in [1.807, 2.05) is 11.9 Å². The molecule has 1 amide bonds. The molecule has 0 aromatic rings. The Bertz CT molecular complexity index is 221. The number of carbonyl (C=O) groups excluding carboxylic acids is 1. The molecule has 2 saturated carbocycles. The van der Waals surface area contributed by atoms with Gasteiger partial charge in [-0.3, -0.25) is 4.79 Å². The number of nitrogens with zero attached hydrogens (tertiary/aromatic N) is 1. The van der Waals surface area contributed by atoms with E-state index in [0.29, 0.717) is 18.6 Å². The van der Waals surface area contributed by atoms with Gasteiger partial charge >= 0.3 is 0 Å². The maximum Gasteiger partial charge on any atom is 0.236 e. The third-order valence-corrected chi connectivity index (χ3v) is 3.39. The van der Waals surface area contributed by atoms with Crippen molar-refractivity contribution in [3.63, 3.8) is 0 Å². The first kappa shape index (κ1) is 9.97. The third-order valence-electron chi connectivity index (χ3n) is 3.39. The van der Waals surface area contributed by atoms with E-state index in [2.05, 4.69) is 12.2 Å². The maximum atomic E-state index is 11.6.